The van der Waals surface area contributed by atoms with E-state index in [9.17, 15) is 4.79 Å². The first-order valence-corrected chi connectivity index (χ1v) is 8.22. The second-order valence-corrected chi connectivity index (χ2v) is 8.12. The summed E-state index contributed by atoms with van der Waals surface area (Å²) in [5.74, 6) is 4.50. The molecule has 0 amide bonds. The van der Waals surface area contributed by atoms with Gasteiger partial charge in [-0.25, -0.2) is 0 Å². The minimum atomic E-state index is 0.482. The first-order valence-electron chi connectivity index (χ1n) is 8.22. The fraction of sp³-hybridized carbons (Fsp3) is 0.941. The van der Waals surface area contributed by atoms with Gasteiger partial charge >= 0.3 is 0 Å². The Bertz CT molecular complexity index is 317. The lowest BCUT2D eigenvalue weighted by atomic mass is 9.48. The smallest absolute Gasteiger partial charge is 0.133 e. The topological polar surface area (TPSA) is 17.1 Å². The molecule has 0 aliphatic heterocycles. The van der Waals surface area contributed by atoms with Gasteiger partial charge in [0.1, 0.15) is 5.78 Å². The Hall–Kier alpha value is -0.330. The lowest BCUT2D eigenvalue weighted by Gasteiger charge is -2.56. The first-order chi connectivity index (χ1) is 8.71. The summed E-state index contributed by atoms with van der Waals surface area (Å²) in [5.41, 5.74) is 0.482. The highest BCUT2D eigenvalue weighted by Gasteiger charge is 2.51. The molecule has 5 fully saturated rings. The molecule has 100 valence electrons. The summed E-state index contributed by atoms with van der Waals surface area (Å²) in [6.07, 6.45) is 14.5. The molecule has 0 atom stereocenters. The molecule has 0 aromatic carbocycles. The molecule has 5 aliphatic carbocycles. The molecule has 1 heteroatoms. The van der Waals surface area contributed by atoms with E-state index < -0.39 is 0 Å². The SMILES string of the molecule is O=C(CCC1CC1)CC12CC3CC(CC(C3)C1)C2. The van der Waals surface area contributed by atoms with Gasteiger partial charge in [0.25, 0.3) is 0 Å². The average molecular weight is 246 g/mol. The van der Waals surface area contributed by atoms with Crippen LogP contribution in [-0.2, 0) is 4.79 Å². The monoisotopic (exact) mass is 246 g/mol. The quantitative estimate of drug-likeness (QED) is 0.704. The summed E-state index contributed by atoms with van der Waals surface area (Å²) in [6, 6.07) is 0. The number of hydrogen-bond acceptors (Lipinski definition) is 1. The standard InChI is InChI=1S/C17H26O/c18-16(4-3-12-1-2-12)11-17-8-13-5-14(9-17)7-15(6-13)10-17/h12-15H,1-11H2. The molecule has 0 N–H and O–H groups in total. The van der Waals surface area contributed by atoms with E-state index >= 15 is 0 Å². The van der Waals surface area contributed by atoms with Gasteiger partial charge in [-0.05, 0) is 74.0 Å². The normalized spacial score (nSPS) is 45.4. The fourth-order valence-electron chi connectivity index (χ4n) is 5.78. The Balaban J connectivity index is 1.39. The highest BCUT2D eigenvalue weighted by atomic mass is 16.1. The van der Waals surface area contributed by atoms with Crippen LogP contribution < -0.4 is 0 Å². The van der Waals surface area contributed by atoms with Crippen LogP contribution in [0.2, 0.25) is 0 Å². The van der Waals surface area contributed by atoms with Gasteiger partial charge < -0.3 is 0 Å². The Labute approximate surface area is 111 Å². The van der Waals surface area contributed by atoms with E-state index in [1.807, 2.05) is 0 Å². The van der Waals surface area contributed by atoms with Gasteiger partial charge in [-0.3, -0.25) is 4.79 Å². The fourth-order valence-corrected chi connectivity index (χ4v) is 5.78. The van der Waals surface area contributed by atoms with Gasteiger partial charge in [-0.15, -0.1) is 0 Å². The lowest BCUT2D eigenvalue weighted by molar-refractivity contribution is -0.127. The van der Waals surface area contributed by atoms with Crippen LogP contribution in [0.3, 0.4) is 0 Å². The zero-order chi connectivity index (χ0) is 12.2. The van der Waals surface area contributed by atoms with Crippen LogP contribution in [-0.4, -0.2) is 5.78 Å². The molecule has 4 bridgehead atoms. The molecular weight excluding hydrogens is 220 g/mol. The van der Waals surface area contributed by atoms with E-state index in [1.165, 1.54) is 57.8 Å². The van der Waals surface area contributed by atoms with E-state index in [-0.39, 0.29) is 0 Å². The van der Waals surface area contributed by atoms with Gasteiger partial charge in [0.2, 0.25) is 0 Å². The summed E-state index contributed by atoms with van der Waals surface area (Å²) in [7, 11) is 0. The van der Waals surface area contributed by atoms with Crippen molar-refractivity contribution >= 4 is 5.78 Å². The highest BCUT2D eigenvalue weighted by Crippen LogP contribution is 2.61. The van der Waals surface area contributed by atoms with E-state index in [1.54, 1.807) is 0 Å². The zero-order valence-corrected chi connectivity index (χ0v) is 11.5. The van der Waals surface area contributed by atoms with Gasteiger partial charge in [0.15, 0.2) is 0 Å². The molecule has 5 rings (SSSR count). The van der Waals surface area contributed by atoms with Crippen molar-refractivity contribution in [1.82, 2.24) is 0 Å². The van der Waals surface area contributed by atoms with E-state index in [0.29, 0.717) is 11.2 Å². The molecule has 5 aliphatic rings. The van der Waals surface area contributed by atoms with Crippen molar-refractivity contribution in [2.24, 2.45) is 29.1 Å². The molecule has 0 spiro atoms. The minimum absolute atomic E-state index is 0.482. The van der Waals surface area contributed by atoms with E-state index in [0.717, 1.165) is 36.5 Å². The summed E-state index contributed by atoms with van der Waals surface area (Å²) >= 11 is 0. The maximum absolute atomic E-state index is 12.3. The third-order valence-electron chi connectivity index (χ3n) is 6.27. The average Bonchev–Trinajstić information content (AvgIpc) is 3.07. The Kier molecular flexibility index (Phi) is 2.61. The molecule has 0 unspecified atom stereocenters. The Morgan fingerprint density at radius 2 is 1.50 bits per heavy atom. The van der Waals surface area contributed by atoms with Crippen LogP contribution in [0.15, 0.2) is 0 Å². The minimum Gasteiger partial charge on any atom is -0.300 e. The predicted molar refractivity (Wildman–Crippen MR) is 72.2 cm³/mol. The van der Waals surface area contributed by atoms with Crippen molar-refractivity contribution in [2.45, 2.75) is 70.6 Å². The van der Waals surface area contributed by atoms with Crippen molar-refractivity contribution in [1.29, 1.82) is 0 Å². The first kappa shape index (κ1) is 11.5. The number of rotatable bonds is 5. The van der Waals surface area contributed by atoms with Crippen LogP contribution in [0, 0.1) is 29.1 Å². The maximum atomic E-state index is 12.3. The second-order valence-electron chi connectivity index (χ2n) is 8.12. The summed E-state index contributed by atoms with van der Waals surface area (Å²) in [5, 5.41) is 0. The van der Waals surface area contributed by atoms with Gasteiger partial charge in [-0.2, -0.15) is 0 Å². The highest BCUT2D eigenvalue weighted by molar-refractivity contribution is 5.79. The van der Waals surface area contributed by atoms with Gasteiger partial charge in [-0.1, -0.05) is 12.8 Å². The number of ketones is 1. The van der Waals surface area contributed by atoms with Crippen LogP contribution in [0.1, 0.15) is 70.6 Å². The molecule has 0 radical (unpaired) electrons. The third kappa shape index (κ3) is 2.14. The number of Topliss-reactive ketones (excluding diaryl/α,β-unsaturated/α-hetero) is 1. The molecule has 0 aromatic heterocycles. The number of hydrogen-bond donors (Lipinski definition) is 0. The predicted octanol–water partition coefficient (Wildman–Crippen LogP) is 4.35. The van der Waals surface area contributed by atoms with Gasteiger partial charge in [0.05, 0.1) is 0 Å². The maximum Gasteiger partial charge on any atom is 0.133 e. The Morgan fingerprint density at radius 1 is 0.944 bits per heavy atom. The van der Waals surface area contributed by atoms with Crippen LogP contribution >= 0.6 is 0 Å². The van der Waals surface area contributed by atoms with Crippen molar-refractivity contribution in [3.8, 4) is 0 Å². The molecule has 1 nitrogen and oxygen atoms in total. The van der Waals surface area contributed by atoms with Crippen molar-refractivity contribution in [3.05, 3.63) is 0 Å². The summed E-state index contributed by atoms with van der Waals surface area (Å²) in [4.78, 5) is 12.3. The van der Waals surface area contributed by atoms with Crippen LogP contribution in [0.5, 0.6) is 0 Å². The van der Waals surface area contributed by atoms with E-state index in [2.05, 4.69) is 0 Å². The van der Waals surface area contributed by atoms with Crippen molar-refractivity contribution in [2.75, 3.05) is 0 Å². The molecule has 0 heterocycles. The molecule has 0 saturated heterocycles. The number of carbonyl (C=O) groups excluding carboxylic acids is 1. The van der Waals surface area contributed by atoms with Gasteiger partial charge in [0, 0.05) is 12.8 Å². The molecule has 18 heavy (non-hydrogen) atoms. The third-order valence-corrected chi connectivity index (χ3v) is 6.27. The largest absolute Gasteiger partial charge is 0.300 e. The van der Waals surface area contributed by atoms with Crippen LogP contribution in [0.25, 0.3) is 0 Å². The van der Waals surface area contributed by atoms with Crippen LogP contribution in [0.4, 0.5) is 0 Å². The zero-order valence-electron chi connectivity index (χ0n) is 11.5. The van der Waals surface area contributed by atoms with Crippen molar-refractivity contribution < 1.29 is 4.79 Å². The molecular formula is C17H26O. The number of carbonyl (C=O) groups is 1. The Morgan fingerprint density at radius 3 is 2.00 bits per heavy atom. The molecule has 0 aromatic rings. The second kappa shape index (κ2) is 4.08. The van der Waals surface area contributed by atoms with Crippen molar-refractivity contribution in [3.63, 3.8) is 0 Å². The van der Waals surface area contributed by atoms with E-state index in [4.69, 9.17) is 0 Å². The lowest BCUT2D eigenvalue weighted by Crippen LogP contribution is -2.46. The summed E-state index contributed by atoms with van der Waals surface area (Å²) in [6.45, 7) is 0. The molecule has 5 saturated carbocycles. The summed E-state index contributed by atoms with van der Waals surface area (Å²) < 4.78 is 0.